The summed E-state index contributed by atoms with van der Waals surface area (Å²) in [5.41, 5.74) is 1.35. The molecule has 0 bridgehead atoms. The van der Waals surface area contributed by atoms with E-state index >= 15 is 0 Å². The molecule has 25 heavy (non-hydrogen) atoms. The topological polar surface area (TPSA) is 54.5 Å². The number of nitrogens with one attached hydrogen (secondary N) is 1. The van der Waals surface area contributed by atoms with Crippen molar-refractivity contribution >= 4 is 17.5 Å². The summed E-state index contributed by atoms with van der Waals surface area (Å²) >= 11 is 5.87. The molecule has 130 valence electrons. The molecule has 1 aromatic carbocycles. The van der Waals surface area contributed by atoms with Gasteiger partial charge in [-0.25, -0.2) is 4.98 Å². The van der Waals surface area contributed by atoms with Crippen LogP contribution in [0.25, 0.3) is 0 Å². The van der Waals surface area contributed by atoms with Crippen LogP contribution in [0, 0.1) is 0 Å². The Morgan fingerprint density at radius 2 is 2.16 bits per heavy atom. The summed E-state index contributed by atoms with van der Waals surface area (Å²) < 4.78 is 6.38. The van der Waals surface area contributed by atoms with Gasteiger partial charge in [-0.3, -0.25) is 9.69 Å². The number of rotatable bonds is 2. The van der Waals surface area contributed by atoms with Crippen molar-refractivity contribution in [2.24, 2.45) is 0 Å². The molecule has 3 heterocycles. The largest absolute Gasteiger partial charge is 0.483 e. The Kier molecular flexibility index (Phi) is 4.36. The zero-order valence-electron chi connectivity index (χ0n) is 13.9. The van der Waals surface area contributed by atoms with Crippen LogP contribution in [0.3, 0.4) is 0 Å². The average molecular weight is 358 g/mol. The maximum absolute atomic E-state index is 12.3. The fraction of sp³-hybridized carbons (Fsp3) is 0.368. The van der Waals surface area contributed by atoms with Crippen molar-refractivity contribution in [2.45, 2.75) is 25.0 Å². The number of fused-ring (bicyclic) bond motifs is 1. The number of carbonyl (C=O) groups is 1. The summed E-state index contributed by atoms with van der Waals surface area (Å²) in [4.78, 5) is 18.8. The Morgan fingerprint density at radius 3 is 3.00 bits per heavy atom. The number of aromatic nitrogens is 1. The second-order valence-electron chi connectivity index (χ2n) is 6.77. The number of hydrogen-bond acceptors (Lipinski definition) is 4. The van der Waals surface area contributed by atoms with Crippen molar-refractivity contribution in [3.63, 3.8) is 0 Å². The maximum Gasteiger partial charge on any atom is 0.255 e. The van der Waals surface area contributed by atoms with Gasteiger partial charge in [-0.2, -0.15) is 0 Å². The number of halogens is 1. The first-order chi connectivity index (χ1) is 12.1. The molecule has 0 aliphatic carbocycles. The fourth-order valence-corrected chi connectivity index (χ4v) is 3.77. The van der Waals surface area contributed by atoms with E-state index in [4.69, 9.17) is 16.3 Å². The van der Waals surface area contributed by atoms with Gasteiger partial charge >= 0.3 is 0 Å². The number of para-hydroxylation sites is 1. The molecule has 4 rings (SSSR count). The van der Waals surface area contributed by atoms with Gasteiger partial charge in [0.15, 0.2) is 0 Å². The Balaban J connectivity index is 1.53. The molecule has 0 saturated carbocycles. The van der Waals surface area contributed by atoms with E-state index in [1.165, 1.54) is 0 Å². The van der Waals surface area contributed by atoms with Crippen LogP contribution in [-0.4, -0.2) is 41.0 Å². The quantitative estimate of drug-likeness (QED) is 0.840. The van der Waals surface area contributed by atoms with Gasteiger partial charge in [0.1, 0.15) is 16.5 Å². The van der Waals surface area contributed by atoms with Crippen molar-refractivity contribution in [1.29, 1.82) is 0 Å². The Morgan fingerprint density at radius 1 is 1.28 bits per heavy atom. The third-order valence-electron chi connectivity index (χ3n) is 4.84. The molecule has 2 aromatic rings. The van der Waals surface area contributed by atoms with E-state index < -0.39 is 0 Å². The van der Waals surface area contributed by atoms with Crippen LogP contribution in [-0.2, 0) is 6.54 Å². The zero-order chi connectivity index (χ0) is 17.3. The van der Waals surface area contributed by atoms with E-state index in [0.717, 1.165) is 38.0 Å². The maximum atomic E-state index is 12.3. The van der Waals surface area contributed by atoms with Gasteiger partial charge in [0.2, 0.25) is 0 Å². The lowest BCUT2D eigenvalue weighted by Crippen LogP contribution is -2.56. The highest BCUT2D eigenvalue weighted by molar-refractivity contribution is 6.29. The van der Waals surface area contributed by atoms with Crippen molar-refractivity contribution in [2.75, 3.05) is 19.6 Å². The number of amides is 1. The average Bonchev–Trinajstić information content (AvgIpc) is 2.75. The third kappa shape index (κ3) is 3.48. The first-order valence-electron chi connectivity index (χ1n) is 8.53. The summed E-state index contributed by atoms with van der Waals surface area (Å²) in [6.45, 7) is 3.09. The molecule has 1 unspecified atom stereocenters. The van der Waals surface area contributed by atoms with Gasteiger partial charge < -0.3 is 10.1 Å². The van der Waals surface area contributed by atoms with Crippen LogP contribution < -0.4 is 10.1 Å². The Bertz CT molecular complexity index is 780. The standard InChI is InChI=1S/C19H20ClN3O2/c20-17-7-6-14(10-21-17)11-23-9-3-8-19(13-23)12-22-18(24)15-4-1-2-5-16(15)25-19/h1-2,4-7,10H,3,8-9,11-13H2,(H,22,24). The second-order valence-corrected chi connectivity index (χ2v) is 7.15. The minimum absolute atomic E-state index is 0.0634. The lowest BCUT2D eigenvalue weighted by atomic mass is 9.92. The van der Waals surface area contributed by atoms with E-state index in [1.807, 2.05) is 42.6 Å². The monoisotopic (exact) mass is 357 g/mol. The summed E-state index contributed by atoms with van der Waals surface area (Å²) in [6, 6.07) is 11.3. The highest BCUT2D eigenvalue weighted by atomic mass is 35.5. The highest BCUT2D eigenvalue weighted by Crippen LogP contribution is 2.32. The summed E-state index contributed by atoms with van der Waals surface area (Å²) in [5.74, 6) is 0.610. The van der Waals surface area contributed by atoms with Crippen molar-refractivity contribution < 1.29 is 9.53 Å². The first kappa shape index (κ1) is 16.4. The number of pyridine rings is 1. The van der Waals surface area contributed by atoms with Gasteiger partial charge in [0.05, 0.1) is 12.1 Å². The molecule has 6 heteroatoms. The van der Waals surface area contributed by atoms with Gasteiger partial charge in [-0.05, 0) is 43.1 Å². The molecular weight excluding hydrogens is 338 g/mol. The van der Waals surface area contributed by atoms with Crippen LogP contribution in [0.15, 0.2) is 42.6 Å². The van der Waals surface area contributed by atoms with Crippen LogP contribution in [0.5, 0.6) is 5.75 Å². The van der Waals surface area contributed by atoms with Gasteiger partial charge in [0.25, 0.3) is 5.91 Å². The van der Waals surface area contributed by atoms with E-state index in [-0.39, 0.29) is 11.5 Å². The van der Waals surface area contributed by atoms with Crippen LogP contribution >= 0.6 is 11.6 Å². The number of nitrogens with zero attached hydrogens (tertiary/aromatic N) is 2. The molecule has 1 atom stereocenters. The van der Waals surface area contributed by atoms with Gasteiger partial charge in [-0.15, -0.1) is 0 Å². The molecule has 1 fully saturated rings. The van der Waals surface area contributed by atoms with E-state index in [9.17, 15) is 4.79 Å². The molecule has 5 nitrogen and oxygen atoms in total. The molecule has 1 saturated heterocycles. The van der Waals surface area contributed by atoms with Crippen LogP contribution in [0.4, 0.5) is 0 Å². The predicted molar refractivity (Wildman–Crippen MR) is 95.9 cm³/mol. The second kappa shape index (κ2) is 6.65. The lowest BCUT2D eigenvalue weighted by molar-refractivity contribution is -0.00707. The molecule has 1 spiro atoms. The Hall–Kier alpha value is -2.11. The van der Waals surface area contributed by atoms with Crippen molar-refractivity contribution in [3.8, 4) is 5.75 Å². The van der Waals surface area contributed by atoms with E-state index in [1.54, 1.807) is 0 Å². The molecule has 2 aliphatic heterocycles. The molecule has 1 aromatic heterocycles. The normalized spacial score (nSPS) is 23.5. The first-order valence-corrected chi connectivity index (χ1v) is 8.90. The molecule has 1 amide bonds. The smallest absolute Gasteiger partial charge is 0.255 e. The number of hydrogen-bond donors (Lipinski definition) is 1. The molecule has 0 radical (unpaired) electrons. The number of likely N-dealkylation sites (tertiary alicyclic amines) is 1. The summed E-state index contributed by atoms with van der Waals surface area (Å²) in [5, 5.41) is 3.54. The number of piperidine rings is 1. The van der Waals surface area contributed by atoms with E-state index in [2.05, 4.69) is 15.2 Å². The zero-order valence-corrected chi connectivity index (χ0v) is 14.6. The van der Waals surface area contributed by atoms with Crippen molar-refractivity contribution in [3.05, 3.63) is 58.9 Å². The fourth-order valence-electron chi connectivity index (χ4n) is 3.66. The number of ether oxygens (including phenoxy) is 1. The Labute approximate surface area is 152 Å². The summed E-state index contributed by atoms with van der Waals surface area (Å²) in [6.07, 6.45) is 3.77. The van der Waals surface area contributed by atoms with Crippen LogP contribution in [0.2, 0.25) is 5.15 Å². The van der Waals surface area contributed by atoms with Gasteiger partial charge in [-0.1, -0.05) is 29.8 Å². The van der Waals surface area contributed by atoms with Crippen LogP contribution in [0.1, 0.15) is 28.8 Å². The lowest BCUT2D eigenvalue weighted by Gasteiger charge is -2.42. The molecule has 2 aliphatic rings. The van der Waals surface area contributed by atoms with E-state index in [0.29, 0.717) is 23.0 Å². The number of carbonyl (C=O) groups excluding carboxylic acids is 1. The minimum Gasteiger partial charge on any atom is -0.483 e. The molecular formula is C19H20ClN3O2. The summed E-state index contributed by atoms with van der Waals surface area (Å²) in [7, 11) is 0. The third-order valence-corrected chi connectivity index (χ3v) is 5.07. The predicted octanol–water partition coefficient (Wildman–Crippen LogP) is 2.89. The van der Waals surface area contributed by atoms with Crippen molar-refractivity contribution in [1.82, 2.24) is 15.2 Å². The van der Waals surface area contributed by atoms with Gasteiger partial charge in [0, 0.05) is 19.3 Å². The number of benzene rings is 1. The molecule has 1 N–H and O–H groups in total. The SMILES string of the molecule is O=C1NCC2(CCCN(Cc3ccc(Cl)nc3)C2)Oc2ccccc21. The minimum atomic E-state index is -0.389. The highest BCUT2D eigenvalue weighted by Gasteiger charge is 2.40.